The molecule has 0 heterocycles. The molecule has 14 heavy (non-hydrogen) atoms. The molecule has 0 aliphatic rings. The third-order valence-corrected chi connectivity index (χ3v) is 2.58. The van der Waals surface area contributed by atoms with Gasteiger partial charge in [0.25, 0.3) is 0 Å². The van der Waals surface area contributed by atoms with Crippen LogP contribution >= 0.6 is 22.6 Å². The summed E-state index contributed by atoms with van der Waals surface area (Å²) in [7, 11) is 0. The molecule has 0 N–H and O–H groups in total. The van der Waals surface area contributed by atoms with Crippen LogP contribution in [0.15, 0.2) is 5.11 Å². The third kappa shape index (κ3) is 9.60. The Bertz CT molecular complexity index is 217. The molecular formula is C8H14IN3O2. The molecule has 0 aromatic rings. The zero-order valence-corrected chi connectivity index (χ0v) is 10.3. The second-order valence-corrected chi connectivity index (χ2v) is 4.61. The Kier molecular flexibility index (Phi) is 8.76. The Hall–Kier alpha value is -0.490. The maximum absolute atomic E-state index is 10.4. The standard InChI is InChI=1S/C8H14IN3O2/c1-7(13)14-5-3-2-4-8(9)6-11-12-10/h8H,2-6H2,1H3. The summed E-state index contributed by atoms with van der Waals surface area (Å²) in [4.78, 5) is 13.1. The number of halogens is 1. The molecule has 0 aromatic carbocycles. The van der Waals surface area contributed by atoms with Gasteiger partial charge in [0, 0.05) is 22.3 Å². The van der Waals surface area contributed by atoms with Gasteiger partial charge in [0.2, 0.25) is 0 Å². The van der Waals surface area contributed by atoms with Gasteiger partial charge in [-0.25, -0.2) is 0 Å². The first-order valence-electron chi connectivity index (χ1n) is 4.45. The summed E-state index contributed by atoms with van der Waals surface area (Å²) >= 11 is 2.26. The Morgan fingerprint density at radius 2 is 2.36 bits per heavy atom. The molecule has 0 radical (unpaired) electrons. The molecule has 0 bridgehead atoms. The van der Waals surface area contributed by atoms with Crippen molar-refractivity contribution in [2.45, 2.75) is 30.1 Å². The lowest BCUT2D eigenvalue weighted by Gasteiger charge is -2.05. The van der Waals surface area contributed by atoms with Crippen LogP contribution in [0, 0.1) is 0 Å². The Morgan fingerprint density at radius 3 is 2.93 bits per heavy atom. The van der Waals surface area contributed by atoms with E-state index in [-0.39, 0.29) is 5.97 Å². The van der Waals surface area contributed by atoms with Crippen molar-refractivity contribution in [3.05, 3.63) is 10.4 Å². The number of unbranched alkanes of at least 4 members (excludes halogenated alkanes) is 1. The second kappa shape index (κ2) is 9.08. The average molecular weight is 311 g/mol. The lowest BCUT2D eigenvalue weighted by molar-refractivity contribution is -0.141. The van der Waals surface area contributed by atoms with Crippen LogP contribution in [0.3, 0.4) is 0 Å². The SMILES string of the molecule is CC(=O)OCCCCC(I)CN=[N+]=[N-]. The molecule has 1 unspecified atom stereocenters. The summed E-state index contributed by atoms with van der Waals surface area (Å²) in [5, 5.41) is 3.49. The van der Waals surface area contributed by atoms with E-state index in [1.165, 1.54) is 6.92 Å². The van der Waals surface area contributed by atoms with Crippen molar-refractivity contribution in [3.63, 3.8) is 0 Å². The number of alkyl halides is 1. The third-order valence-electron chi connectivity index (χ3n) is 1.56. The van der Waals surface area contributed by atoms with Gasteiger partial charge >= 0.3 is 5.97 Å². The molecule has 0 aromatic heterocycles. The minimum Gasteiger partial charge on any atom is -0.466 e. The number of azide groups is 1. The van der Waals surface area contributed by atoms with E-state index in [1.807, 2.05) is 0 Å². The van der Waals surface area contributed by atoms with Crippen LogP contribution in [0.4, 0.5) is 0 Å². The van der Waals surface area contributed by atoms with Crippen LogP contribution in [0.2, 0.25) is 0 Å². The number of hydrogen-bond donors (Lipinski definition) is 0. The fourth-order valence-corrected chi connectivity index (χ4v) is 1.52. The number of hydrogen-bond acceptors (Lipinski definition) is 3. The summed E-state index contributed by atoms with van der Waals surface area (Å²) in [6, 6.07) is 0. The molecule has 1 atom stereocenters. The molecule has 0 spiro atoms. The lowest BCUT2D eigenvalue weighted by Crippen LogP contribution is -2.04. The van der Waals surface area contributed by atoms with Crippen molar-refractivity contribution in [1.29, 1.82) is 0 Å². The van der Waals surface area contributed by atoms with Gasteiger partial charge in [-0.3, -0.25) is 4.79 Å². The van der Waals surface area contributed by atoms with Crippen LogP contribution in [0.5, 0.6) is 0 Å². The monoisotopic (exact) mass is 311 g/mol. The van der Waals surface area contributed by atoms with Crippen molar-refractivity contribution in [2.75, 3.05) is 13.2 Å². The smallest absolute Gasteiger partial charge is 0.302 e. The normalized spacial score (nSPS) is 11.6. The van der Waals surface area contributed by atoms with Crippen molar-refractivity contribution in [2.24, 2.45) is 5.11 Å². The van der Waals surface area contributed by atoms with Crippen molar-refractivity contribution in [1.82, 2.24) is 0 Å². The van der Waals surface area contributed by atoms with Gasteiger partial charge in [-0.05, 0) is 24.8 Å². The molecule has 6 heteroatoms. The van der Waals surface area contributed by atoms with E-state index in [4.69, 9.17) is 10.3 Å². The summed E-state index contributed by atoms with van der Waals surface area (Å²) in [5.41, 5.74) is 8.08. The molecule has 0 aliphatic heterocycles. The predicted octanol–water partition coefficient (Wildman–Crippen LogP) is 2.83. The molecule has 0 amide bonds. The molecule has 5 nitrogen and oxygen atoms in total. The number of rotatable bonds is 7. The highest BCUT2D eigenvalue weighted by Crippen LogP contribution is 2.11. The van der Waals surface area contributed by atoms with E-state index in [1.54, 1.807) is 0 Å². The van der Waals surface area contributed by atoms with Gasteiger partial charge in [0.15, 0.2) is 0 Å². The number of carbonyl (C=O) groups is 1. The minimum absolute atomic E-state index is 0.231. The van der Waals surface area contributed by atoms with Gasteiger partial charge in [0.05, 0.1) is 6.61 Å². The zero-order valence-electron chi connectivity index (χ0n) is 8.15. The second-order valence-electron chi connectivity index (χ2n) is 2.85. The summed E-state index contributed by atoms with van der Waals surface area (Å²) in [5.74, 6) is -0.231. The number of nitrogens with zero attached hydrogens (tertiary/aromatic N) is 3. The Balaban J connectivity index is 3.26. The predicted molar refractivity (Wildman–Crippen MR) is 62.3 cm³/mol. The first kappa shape index (κ1) is 13.5. The number of esters is 1. The van der Waals surface area contributed by atoms with Crippen LogP contribution in [-0.2, 0) is 9.53 Å². The van der Waals surface area contributed by atoms with Crippen molar-refractivity contribution in [3.8, 4) is 0 Å². The highest BCUT2D eigenvalue weighted by atomic mass is 127. The van der Waals surface area contributed by atoms with E-state index in [2.05, 4.69) is 32.6 Å². The van der Waals surface area contributed by atoms with Gasteiger partial charge in [-0.1, -0.05) is 27.7 Å². The first-order valence-corrected chi connectivity index (χ1v) is 5.69. The van der Waals surface area contributed by atoms with Gasteiger partial charge in [0.1, 0.15) is 0 Å². The van der Waals surface area contributed by atoms with Gasteiger partial charge in [-0.15, -0.1) is 0 Å². The van der Waals surface area contributed by atoms with Crippen molar-refractivity contribution < 1.29 is 9.53 Å². The van der Waals surface area contributed by atoms with Gasteiger partial charge < -0.3 is 4.74 Å². The van der Waals surface area contributed by atoms with E-state index >= 15 is 0 Å². The van der Waals surface area contributed by atoms with Crippen LogP contribution < -0.4 is 0 Å². The Morgan fingerprint density at radius 1 is 1.64 bits per heavy atom. The largest absolute Gasteiger partial charge is 0.466 e. The van der Waals surface area contributed by atoms with E-state index in [0.717, 1.165) is 19.3 Å². The molecule has 0 aliphatic carbocycles. The quantitative estimate of drug-likeness (QED) is 0.138. The Labute approximate surface area is 97.0 Å². The molecule has 0 rings (SSSR count). The van der Waals surface area contributed by atoms with E-state index in [9.17, 15) is 4.79 Å². The van der Waals surface area contributed by atoms with Crippen LogP contribution in [0.25, 0.3) is 10.4 Å². The molecule has 0 fully saturated rings. The number of carbonyl (C=O) groups excluding carboxylic acids is 1. The summed E-state index contributed by atoms with van der Waals surface area (Å²) < 4.78 is 5.16. The lowest BCUT2D eigenvalue weighted by atomic mass is 10.2. The van der Waals surface area contributed by atoms with Gasteiger partial charge in [-0.2, -0.15) is 0 Å². The average Bonchev–Trinajstić information content (AvgIpc) is 2.13. The van der Waals surface area contributed by atoms with Crippen LogP contribution in [-0.4, -0.2) is 23.0 Å². The maximum Gasteiger partial charge on any atom is 0.302 e. The molecule has 0 saturated carbocycles. The highest BCUT2D eigenvalue weighted by molar-refractivity contribution is 14.1. The fraction of sp³-hybridized carbons (Fsp3) is 0.875. The minimum atomic E-state index is -0.231. The summed E-state index contributed by atoms with van der Waals surface area (Å²) in [6.45, 7) is 2.42. The topological polar surface area (TPSA) is 75.1 Å². The highest BCUT2D eigenvalue weighted by Gasteiger charge is 2.01. The number of ether oxygens (including phenoxy) is 1. The van der Waals surface area contributed by atoms with Crippen molar-refractivity contribution >= 4 is 28.6 Å². The maximum atomic E-state index is 10.4. The molecule has 80 valence electrons. The molecule has 0 saturated heterocycles. The fourth-order valence-electron chi connectivity index (χ4n) is 0.900. The first-order chi connectivity index (χ1) is 6.66. The van der Waals surface area contributed by atoms with E-state index < -0.39 is 0 Å². The van der Waals surface area contributed by atoms with E-state index in [0.29, 0.717) is 17.1 Å². The van der Waals surface area contributed by atoms with Crippen LogP contribution in [0.1, 0.15) is 26.2 Å². The summed E-state index contributed by atoms with van der Waals surface area (Å²) in [6.07, 6.45) is 2.85. The molecular weight excluding hydrogens is 297 g/mol. The zero-order chi connectivity index (χ0) is 10.8.